The number of phenolic OH excluding ortho intramolecular Hbond substituents is 2. The van der Waals surface area contributed by atoms with Crippen molar-refractivity contribution in [1.82, 2.24) is 30.0 Å². The molecular formula is C43H50N6O5. The highest BCUT2D eigenvalue weighted by atomic mass is 16.5. The number of rotatable bonds is 6. The van der Waals surface area contributed by atoms with Gasteiger partial charge in [0.2, 0.25) is 0 Å². The Balaban J connectivity index is 1.62. The number of ether oxygens (including phenoxy) is 2. The minimum atomic E-state index is -0.720. The Hall–Kier alpha value is -5.45. The summed E-state index contributed by atoms with van der Waals surface area (Å²) in [7, 11) is 0. The number of fused-ring (bicyclic) bond motifs is 4. The zero-order chi connectivity index (χ0) is 38.5. The van der Waals surface area contributed by atoms with Crippen LogP contribution in [-0.4, -0.2) is 59.2 Å². The Morgan fingerprint density at radius 3 is 1.22 bits per heavy atom. The van der Waals surface area contributed by atoms with Gasteiger partial charge in [0, 0.05) is 33.4 Å². The van der Waals surface area contributed by atoms with E-state index < -0.39 is 10.8 Å². The highest BCUT2D eigenvalue weighted by Gasteiger charge is 2.41. The highest BCUT2D eigenvalue weighted by Crippen LogP contribution is 2.51. The first-order valence-corrected chi connectivity index (χ1v) is 19.1. The molecule has 282 valence electrons. The number of hydrogen-bond acceptors (Lipinski definition) is 9. The van der Waals surface area contributed by atoms with Crippen LogP contribution in [0.2, 0.25) is 0 Å². The van der Waals surface area contributed by atoms with Crippen LogP contribution in [0.1, 0.15) is 119 Å². The van der Waals surface area contributed by atoms with Gasteiger partial charge in [0.25, 0.3) is 0 Å². The van der Waals surface area contributed by atoms with E-state index in [9.17, 15) is 10.2 Å². The summed E-state index contributed by atoms with van der Waals surface area (Å²) in [6.07, 6.45) is 4.46. The van der Waals surface area contributed by atoms with Crippen LogP contribution in [0, 0.1) is 0 Å². The van der Waals surface area contributed by atoms with Gasteiger partial charge >= 0.3 is 0 Å². The third kappa shape index (κ3) is 6.33. The number of phenols is 2. The van der Waals surface area contributed by atoms with E-state index in [1.165, 1.54) is 9.59 Å². The first-order valence-electron chi connectivity index (χ1n) is 19.1. The van der Waals surface area contributed by atoms with Crippen molar-refractivity contribution in [2.45, 2.75) is 105 Å². The molecule has 0 unspecified atom stereocenters. The van der Waals surface area contributed by atoms with Crippen molar-refractivity contribution in [2.75, 3.05) is 13.2 Å². The van der Waals surface area contributed by atoms with Gasteiger partial charge in [-0.25, -0.2) is 0 Å². The molecule has 54 heavy (non-hydrogen) atoms. The maximum atomic E-state index is 16.0. The van der Waals surface area contributed by atoms with E-state index in [0.29, 0.717) is 91.2 Å². The van der Waals surface area contributed by atoms with Crippen LogP contribution in [0.25, 0.3) is 33.4 Å². The number of carbonyl (C=O) groups is 1. The van der Waals surface area contributed by atoms with Crippen molar-refractivity contribution < 1.29 is 24.5 Å². The van der Waals surface area contributed by atoms with Crippen LogP contribution < -0.4 is 9.47 Å². The van der Waals surface area contributed by atoms with Gasteiger partial charge in [-0.2, -0.15) is 0 Å². The molecule has 0 saturated carbocycles. The van der Waals surface area contributed by atoms with Crippen molar-refractivity contribution >= 4 is 27.9 Å². The maximum absolute atomic E-state index is 16.0. The molecule has 1 aliphatic carbocycles. The molecule has 0 saturated heterocycles. The zero-order valence-electron chi connectivity index (χ0n) is 32.6. The molecule has 0 amide bonds. The zero-order valence-corrected chi connectivity index (χ0v) is 32.6. The van der Waals surface area contributed by atoms with Crippen LogP contribution >= 0.6 is 0 Å². The molecule has 6 aromatic rings. The topological polar surface area (TPSA) is 137 Å². The normalized spacial score (nSPS) is 14.2. The lowest BCUT2D eigenvalue weighted by atomic mass is 9.73. The summed E-state index contributed by atoms with van der Waals surface area (Å²) in [5.41, 5.74) is 4.90. The fourth-order valence-electron chi connectivity index (χ4n) is 7.91. The molecule has 0 spiro atoms. The Labute approximate surface area is 315 Å². The number of carbonyl (C=O) groups excluding carboxylic acids is 1. The second-order valence-corrected chi connectivity index (χ2v) is 16.1. The second-order valence-electron chi connectivity index (χ2n) is 16.1. The lowest BCUT2D eigenvalue weighted by molar-refractivity contribution is 0.103. The molecule has 0 radical (unpaired) electrons. The third-order valence-electron chi connectivity index (χ3n) is 10.1. The van der Waals surface area contributed by atoms with E-state index in [2.05, 4.69) is 0 Å². The number of aromatic hydroxyl groups is 2. The van der Waals surface area contributed by atoms with E-state index in [1.807, 2.05) is 104 Å². The van der Waals surface area contributed by atoms with Crippen molar-refractivity contribution in [3.8, 4) is 34.4 Å². The van der Waals surface area contributed by atoms with Gasteiger partial charge in [0.15, 0.2) is 40.2 Å². The fraction of sp³-hybridized carbons (Fsp3) is 0.419. The Kier molecular flexibility index (Phi) is 9.62. The van der Waals surface area contributed by atoms with E-state index in [1.54, 1.807) is 0 Å². The summed E-state index contributed by atoms with van der Waals surface area (Å²) in [4.78, 5) is 18.9. The first kappa shape index (κ1) is 36.9. The first-order chi connectivity index (χ1) is 25.8. The van der Waals surface area contributed by atoms with Crippen LogP contribution in [0.4, 0.5) is 0 Å². The Bertz CT molecular complexity index is 2160. The van der Waals surface area contributed by atoms with Crippen LogP contribution in [0.15, 0.2) is 48.5 Å². The van der Waals surface area contributed by atoms with E-state index in [4.69, 9.17) is 29.9 Å². The van der Waals surface area contributed by atoms with Crippen molar-refractivity contribution in [2.24, 2.45) is 0 Å². The molecule has 2 aromatic heterocycles. The maximum Gasteiger partial charge on any atom is 0.194 e. The second kappa shape index (κ2) is 14.1. The molecule has 0 aliphatic heterocycles. The highest BCUT2D eigenvalue weighted by molar-refractivity contribution is 6.15. The molecule has 11 nitrogen and oxygen atoms in total. The average Bonchev–Trinajstić information content (AvgIpc) is 3.73. The van der Waals surface area contributed by atoms with E-state index in [-0.39, 0.29) is 30.5 Å². The van der Waals surface area contributed by atoms with Gasteiger partial charge in [-0.05, 0) is 74.6 Å². The number of nitrogens with zero attached hydrogens (tertiary/aromatic N) is 6. The SMILES string of the molecule is CCOc1c2c(c(C(C)(C)C)c(O)c1-n1nc3ccccc3n1)C(=O)c1c(c(OCC)c(-n3nc4ccccc4n3)c(O)c1C(C)(C)C)CCCCCC2. The van der Waals surface area contributed by atoms with Crippen LogP contribution in [0.3, 0.4) is 0 Å². The minimum Gasteiger partial charge on any atom is -0.505 e. The predicted molar refractivity (Wildman–Crippen MR) is 210 cm³/mol. The van der Waals surface area contributed by atoms with Crippen LogP contribution in [-0.2, 0) is 23.7 Å². The lowest BCUT2D eigenvalue weighted by Crippen LogP contribution is -2.26. The predicted octanol–water partition coefficient (Wildman–Crippen LogP) is 8.85. The number of aromatic nitrogens is 6. The van der Waals surface area contributed by atoms with Gasteiger partial charge in [-0.3, -0.25) is 4.79 Å². The average molecular weight is 731 g/mol. The number of hydrogen-bond donors (Lipinski definition) is 2. The molecular weight excluding hydrogens is 681 g/mol. The molecule has 2 heterocycles. The summed E-state index contributed by atoms with van der Waals surface area (Å²) in [6, 6.07) is 15.1. The molecule has 2 N–H and O–H groups in total. The van der Waals surface area contributed by atoms with Gasteiger partial charge in [0.1, 0.15) is 22.1 Å². The summed E-state index contributed by atoms with van der Waals surface area (Å²) in [5, 5.41) is 44.1. The molecule has 1 aliphatic rings. The smallest absolute Gasteiger partial charge is 0.194 e. The summed E-state index contributed by atoms with van der Waals surface area (Å²) in [6.45, 7) is 16.3. The Morgan fingerprint density at radius 2 is 0.926 bits per heavy atom. The lowest BCUT2D eigenvalue weighted by Gasteiger charge is -2.32. The standard InChI is InChI=1S/C43H50N6O5/c1-9-53-40-25-19-13-11-12-14-20-26-32(34(43(6,7)8)39(52)36(41(26)54-10-2)49-46-29-23-17-18-24-30(29)47-49)37(50)31(25)33(42(3,4)5)38(51)35(40)48-44-27-21-15-16-22-28(27)45-48/h15-18,21-24,51-52H,9-14,19-20H2,1-8H3. The summed E-state index contributed by atoms with van der Waals surface area (Å²) < 4.78 is 12.9. The minimum absolute atomic E-state index is 0.120. The van der Waals surface area contributed by atoms with Crippen molar-refractivity contribution in [3.05, 3.63) is 81.9 Å². The van der Waals surface area contributed by atoms with E-state index >= 15 is 4.79 Å². The van der Waals surface area contributed by atoms with Gasteiger partial charge in [0.05, 0.1) is 13.2 Å². The van der Waals surface area contributed by atoms with Gasteiger partial charge < -0.3 is 19.7 Å². The molecule has 4 aromatic carbocycles. The summed E-state index contributed by atoms with van der Waals surface area (Å²) >= 11 is 0. The summed E-state index contributed by atoms with van der Waals surface area (Å²) in [5.74, 6) is 0.210. The largest absolute Gasteiger partial charge is 0.505 e. The monoisotopic (exact) mass is 730 g/mol. The van der Waals surface area contributed by atoms with Crippen LogP contribution in [0.5, 0.6) is 23.0 Å². The van der Waals surface area contributed by atoms with Gasteiger partial charge in [-0.1, -0.05) is 78.6 Å². The molecule has 0 fully saturated rings. The number of ketones is 1. The van der Waals surface area contributed by atoms with Gasteiger partial charge in [-0.15, -0.1) is 30.0 Å². The molecule has 0 bridgehead atoms. The van der Waals surface area contributed by atoms with Crippen molar-refractivity contribution in [3.63, 3.8) is 0 Å². The number of benzene rings is 4. The Morgan fingerprint density at radius 1 is 0.593 bits per heavy atom. The molecule has 11 heteroatoms. The quantitative estimate of drug-likeness (QED) is 0.172. The van der Waals surface area contributed by atoms with E-state index in [0.717, 1.165) is 25.7 Å². The molecule has 7 rings (SSSR count). The molecule has 0 atom stereocenters. The third-order valence-corrected chi connectivity index (χ3v) is 10.1. The van der Waals surface area contributed by atoms with Crippen molar-refractivity contribution in [1.29, 1.82) is 0 Å². The fourth-order valence-corrected chi connectivity index (χ4v) is 7.91.